The van der Waals surface area contributed by atoms with Gasteiger partial charge in [0, 0.05) is 13.1 Å². The Balaban J connectivity index is 1.61. The Kier molecular flexibility index (Phi) is 4.75. The molecule has 0 unspecified atom stereocenters. The van der Waals surface area contributed by atoms with E-state index in [2.05, 4.69) is 40.3 Å². The summed E-state index contributed by atoms with van der Waals surface area (Å²) < 4.78 is 12.3. The molecule has 1 aliphatic carbocycles. The van der Waals surface area contributed by atoms with Crippen molar-refractivity contribution in [1.29, 1.82) is 0 Å². The fourth-order valence-electron chi connectivity index (χ4n) is 3.52. The molecular formula is C17H24BrNO2. The lowest BCUT2D eigenvalue weighted by atomic mass is 9.83. The number of ether oxygens (including phenoxy) is 2. The van der Waals surface area contributed by atoms with Crippen LogP contribution in [0.2, 0.25) is 0 Å². The second-order valence-corrected chi connectivity index (χ2v) is 7.12. The molecule has 116 valence electrons. The second kappa shape index (κ2) is 6.57. The minimum absolute atomic E-state index is 0.533. The summed E-state index contributed by atoms with van der Waals surface area (Å²) in [6.07, 6.45) is 6.82. The van der Waals surface area contributed by atoms with Crippen molar-refractivity contribution in [3.05, 3.63) is 22.2 Å². The van der Waals surface area contributed by atoms with Gasteiger partial charge >= 0.3 is 0 Å². The highest BCUT2D eigenvalue weighted by Gasteiger charge is 2.31. The van der Waals surface area contributed by atoms with Gasteiger partial charge in [-0.15, -0.1) is 0 Å². The summed E-state index contributed by atoms with van der Waals surface area (Å²) in [6.45, 7) is 5.59. The van der Waals surface area contributed by atoms with Gasteiger partial charge in [-0.05, 0) is 58.3 Å². The number of halogens is 1. The SMILES string of the molecule is CCC1(CNCc2cc(Br)c3c(c2)OCCO3)CCCC1. The van der Waals surface area contributed by atoms with Gasteiger partial charge in [-0.25, -0.2) is 0 Å². The van der Waals surface area contributed by atoms with E-state index in [4.69, 9.17) is 9.47 Å². The van der Waals surface area contributed by atoms with Crippen LogP contribution in [0.15, 0.2) is 16.6 Å². The summed E-state index contributed by atoms with van der Waals surface area (Å²) in [5.41, 5.74) is 1.78. The van der Waals surface area contributed by atoms with Crippen LogP contribution in [0, 0.1) is 5.41 Å². The fourth-order valence-corrected chi connectivity index (χ4v) is 4.12. The van der Waals surface area contributed by atoms with E-state index in [1.807, 2.05) is 0 Å². The Hall–Kier alpha value is -0.740. The zero-order valence-electron chi connectivity index (χ0n) is 12.7. The van der Waals surface area contributed by atoms with Crippen LogP contribution in [0.5, 0.6) is 11.5 Å². The normalized spacial score (nSPS) is 19.7. The number of fused-ring (bicyclic) bond motifs is 1. The maximum Gasteiger partial charge on any atom is 0.175 e. The molecule has 0 saturated heterocycles. The topological polar surface area (TPSA) is 30.5 Å². The molecule has 3 rings (SSSR count). The monoisotopic (exact) mass is 353 g/mol. The van der Waals surface area contributed by atoms with E-state index in [-0.39, 0.29) is 0 Å². The molecule has 1 aliphatic heterocycles. The molecule has 1 aromatic rings. The zero-order valence-corrected chi connectivity index (χ0v) is 14.3. The Morgan fingerprint density at radius 2 is 1.95 bits per heavy atom. The molecule has 1 fully saturated rings. The molecule has 0 aromatic heterocycles. The maximum absolute atomic E-state index is 5.68. The van der Waals surface area contributed by atoms with Crippen LogP contribution in [-0.2, 0) is 6.54 Å². The molecule has 1 saturated carbocycles. The van der Waals surface area contributed by atoms with Gasteiger partial charge in [-0.1, -0.05) is 19.8 Å². The zero-order chi connectivity index (χ0) is 14.7. The average Bonchev–Trinajstić information content (AvgIpc) is 2.97. The van der Waals surface area contributed by atoms with E-state index in [0.717, 1.165) is 29.1 Å². The van der Waals surface area contributed by atoms with Crippen LogP contribution in [0.25, 0.3) is 0 Å². The summed E-state index contributed by atoms with van der Waals surface area (Å²) >= 11 is 3.58. The Labute approximate surface area is 135 Å². The Morgan fingerprint density at radius 3 is 2.71 bits per heavy atom. The molecule has 0 spiro atoms. The van der Waals surface area contributed by atoms with Gasteiger partial charge in [0.1, 0.15) is 13.2 Å². The van der Waals surface area contributed by atoms with E-state index >= 15 is 0 Å². The Bertz CT molecular complexity index is 498. The highest BCUT2D eigenvalue weighted by atomic mass is 79.9. The van der Waals surface area contributed by atoms with Crippen LogP contribution in [0.3, 0.4) is 0 Å². The molecule has 1 heterocycles. The third kappa shape index (κ3) is 3.37. The van der Waals surface area contributed by atoms with Gasteiger partial charge < -0.3 is 14.8 Å². The molecule has 21 heavy (non-hydrogen) atoms. The third-order valence-corrected chi connectivity index (χ3v) is 5.49. The number of hydrogen-bond donors (Lipinski definition) is 1. The summed E-state index contributed by atoms with van der Waals surface area (Å²) in [6, 6.07) is 4.23. The quantitative estimate of drug-likeness (QED) is 0.856. The summed E-state index contributed by atoms with van der Waals surface area (Å²) in [4.78, 5) is 0. The van der Waals surface area contributed by atoms with Crippen LogP contribution >= 0.6 is 15.9 Å². The highest BCUT2D eigenvalue weighted by molar-refractivity contribution is 9.10. The molecule has 0 radical (unpaired) electrons. The number of benzene rings is 1. The molecule has 2 aliphatic rings. The van der Waals surface area contributed by atoms with Crippen molar-refractivity contribution in [1.82, 2.24) is 5.32 Å². The summed E-state index contributed by atoms with van der Waals surface area (Å²) in [5.74, 6) is 1.70. The molecular weight excluding hydrogens is 330 g/mol. The predicted molar refractivity (Wildman–Crippen MR) is 88.0 cm³/mol. The largest absolute Gasteiger partial charge is 0.486 e. The first kappa shape index (κ1) is 15.2. The number of rotatable bonds is 5. The number of nitrogens with one attached hydrogen (secondary N) is 1. The maximum atomic E-state index is 5.68. The first-order chi connectivity index (χ1) is 10.2. The van der Waals surface area contributed by atoms with E-state index < -0.39 is 0 Å². The molecule has 0 amide bonds. The molecule has 0 atom stereocenters. The average molecular weight is 354 g/mol. The van der Waals surface area contributed by atoms with Crippen LogP contribution in [0.4, 0.5) is 0 Å². The first-order valence-electron chi connectivity index (χ1n) is 8.01. The van der Waals surface area contributed by atoms with Crippen molar-refractivity contribution < 1.29 is 9.47 Å². The van der Waals surface area contributed by atoms with Gasteiger partial charge in [0.2, 0.25) is 0 Å². The lowest BCUT2D eigenvalue weighted by Crippen LogP contribution is -2.31. The molecule has 4 heteroatoms. The van der Waals surface area contributed by atoms with Crippen LogP contribution in [-0.4, -0.2) is 19.8 Å². The smallest absolute Gasteiger partial charge is 0.175 e. The van der Waals surface area contributed by atoms with Crippen molar-refractivity contribution in [2.24, 2.45) is 5.41 Å². The standard InChI is InChI=1S/C17H24BrNO2/c1-2-17(5-3-4-6-17)12-19-11-13-9-14(18)16-15(10-13)20-7-8-21-16/h9-10,19H,2-8,11-12H2,1H3. The van der Waals surface area contributed by atoms with Gasteiger partial charge in [0.05, 0.1) is 4.47 Å². The Morgan fingerprint density at radius 1 is 1.19 bits per heavy atom. The minimum Gasteiger partial charge on any atom is -0.486 e. The lowest BCUT2D eigenvalue weighted by Gasteiger charge is -2.28. The van der Waals surface area contributed by atoms with Crippen molar-refractivity contribution in [3.63, 3.8) is 0 Å². The van der Waals surface area contributed by atoms with Gasteiger partial charge in [0.15, 0.2) is 11.5 Å². The van der Waals surface area contributed by atoms with Gasteiger partial charge in [0.25, 0.3) is 0 Å². The van der Waals surface area contributed by atoms with Crippen molar-refractivity contribution in [3.8, 4) is 11.5 Å². The van der Waals surface area contributed by atoms with Crippen molar-refractivity contribution in [2.45, 2.75) is 45.6 Å². The molecule has 1 N–H and O–H groups in total. The second-order valence-electron chi connectivity index (χ2n) is 6.27. The molecule has 3 nitrogen and oxygen atoms in total. The first-order valence-corrected chi connectivity index (χ1v) is 8.80. The minimum atomic E-state index is 0.533. The lowest BCUT2D eigenvalue weighted by molar-refractivity contribution is 0.170. The molecule has 1 aromatic carbocycles. The summed E-state index contributed by atoms with van der Waals surface area (Å²) in [7, 11) is 0. The van der Waals surface area contributed by atoms with E-state index in [9.17, 15) is 0 Å². The van der Waals surface area contributed by atoms with Gasteiger partial charge in [-0.3, -0.25) is 0 Å². The third-order valence-electron chi connectivity index (χ3n) is 4.90. The van der Waals surface area contributed by atoms with E-state index in [1.54, 1.807) is 0 Å². The van der Waals surface area contributed by atoms with Gasteiger partial charge in [-0.2, -0.15) is 0 Å². The van der Waals surface area contributed by atoms with E-state index in [1.165, 1.54) is 37.7 Å². The molecule has 0 bridgehead atoms. The van der Waals surface area contributed by atoms with Crippen molar-refractivity contribution >= 4 is 15.9 Å². The summed E-state index contributed by atoms with van der Waals surface area (Å²) in [5, 5.41) is 3.65. The number of hydrogen-bond acceptors (Lipinski definition) is 3. The van der Waals surface area contributed by atoms with E-state index in [0.29, 0.717) is 18.6 Å². The van der Waals surface area contributed by atoms with Crippen molar-refractivity contribution in [2.75, 3.05) is 19.8 Å². The fraction of sp³-hybridized carbons (Fsp3) is 0.647. The predicted octanol–water partition coefficient (Wildman–Crippen LogP) is 4.28. The van der Waals surface area contributed by atoms with Crippen LogP contribution in [0.1, 0.15) is 44.6 Å². The van der Waals surface area contributed by atoms with Crippen LogP contribution < -0.4 is 14.8 Å². The highest BCUT2D eigenvalue weighted by Crippen LogP contribution is 2.41.